The van der Waals surface area contributed by atoms with Crippen molar-refractivity contribution in [3.63, 3.8) is 0 Å². The number of benzene rings is 3. The number of aryl methyl sites for hydroxylation is 1. The molecule has 0 saturated heterocycles. The van der Waals surface area contributed by atoms with E-state index in [4.69, 9.17) is 0 Å². The highest BCUT2D eigenvalue weighted by Crippen LogP contribution is 2.28. The molecule has 0 saturated carbocycles. The minimum absolute atomic E-state index is 0.0608. The monoisotopic (exact) mass is 357 g/mol. The van der Waals surface area contributed by atoms with E-state index < -0.39 is 0 Å². The van der Waals surface area contributed by atoms with Crippen LogP contribution in [-0.4, -0.2) is 5.91 Å². The van der Waals surface area contributed by atoms with Crippen molar-refractivity contribution in [2.75, 3.05) is 0 Å². The SMILES string of the molecule is Cc1ccc([C@@H](NC(=O)[C@H](c2ccccc2)C(C)C)c2ccccc2)cc1. The van der Waals surface area contributed by atoms with Crippen LogP contribution in [0.4, 0.5) is 0 Å². The average Bonchev–Trinajstić information content (AvgIpc) is 2.68. The van der Waals surface area contributed by atoms with E-state index in [9.17, 15) is 4.79 Å². The summed E-state index contributed by atoms with van der Waals surface area (Å²) in [5, 5.41) is 3.31. The lowest BCUT2D eigenvalue weighted by Crippen LogP contribution is -2.35. The van der Waals surface area contributed by atoms with Crippen molar-refractivity contribution < 1.29 is 4.79 Å². The van der Waals surface area contributed by atoms with Crippen LogP contribution >= 0.6 is 0 Å². The maximum atomic E-state index is 13.3. The molecule has 0 aliphatic rings. The van der Waals surface area contributed by atoms with Crippen molar-refractivity contribution in [3.8, 4) is 0 Å². The van der Waals surface area contributed by atoms with Crippen LogP contribution < -0.4 is 5.32 Å². The van der Waals surface area contributed by atoms with Gasteiger partial charge in [-0.05, 0) is 29.5 Å². The van der Waals surface area contributed by atoms with Crippen LogP contribution in [0.25, 0.3) is 0 Å². The molecule has 3 aromatic rings. The molecule has 2 nitrogen and oxygen atoms in total. The molecule has 0 bridgehead atoms. The third kappa shape index (κ3) is 4.65. The summed E-state index contributed by atoms with van der Waals surface area (Å²) in [7, 11) is 0. The topological polar surface area (TPSA) is 29.1 Å². The highest BCUT2D eigenvalue weighted by atomic mass is 16.2. The lowest BCUT2D eigenvalue weighted by Gasteiger charge is -2.26. The molecule has 27 heavy (non-hydrogen) atoms. The summed E-state index contributed by atoms with van der Waals surface area (Å²) in [5.74, 6) is 0.0929. The van der Waals surface area contributed by atoms with Gasteiger partial charge in [0.05, 0.1) is 12.0 Å². The van der Waals surface area contributed by atoms with Gasteiger partial charge in [-0.25, -0.2) is 0 Å². The number of hydrogen-bond acceptors (Lipinski definition) is 1. The molecule has 0 unspecified atom stereocenters. The van der Waals surface area contributed by atoms with Gasteiger partial charge in [0.25, 0.3) is 0 Å². The minimum Gasteiger partial charge on any atom is -0.345 e. The molecule has 0 radical (unpaired) electrons. The van der Waals surface area contributed by atoms with Crippen LogP contribution in [0.2, 0.25) is 0 Å². The fourth-order valence-electron chi connectivity index (χ4n) is 3.49. The predicted molar refractivity (Wildman–Crippen MR) is 112 cm³/mol. The maximum absolute atomic E-state index is 13.3. The molecule has 0 heterocycles. The molecule has 0 aliphatic carbocycles. The molecule has 3 aromatic carbocycles. The Balaban J connectivity index is 1.93. The van der Waals surface area contributed by atoms with E-state index in [2.05, 4.69) is 62.5 Å². The Morgan fingerprint density at radius 2 is 1.19 bits per heavy atom. The normalized spacial score (nSPS) is 13.2. The quantitative estimate of drug-likeness (QED) is 0.608. The fraction of sp³-hybridized carbons (Fsp3) is 0.240. The van der Waals surface area contributed by atoms with E-state index in [1.165, 1.54) is 5.56 Å². The van der Waals surface area contributed by atoms with Gasteiger partial charge in [-0.3, -0.25) is 4.79 Å². The number of amides is 1. The highest BCUT2D eigenvalue weighted by molar-refractivity contribution is 5.84. The third-order valence-corrected chi connectivity index (χ3v) is 4.94. The zero-order valence-corrected chi connectivity index (χ0v) is 16.2. The van der Waals surface area contributed by atoms with Crippen LogP contribution in [-0.2, 0) is 4.79 Å². The lowest BCUT2D eigenvalue weighted by atomic mass is 9.87. The molecule has 138 valence electrons. The Morgan fingerprint density at radius 1 is 0.704 bits per heavy atom. The molecule has 2 heteroatoms. The van der Waals surface area contributed by atoms with Crippen LogP contribution in [0, 0.1) is 12.8 Å². The average molecular weight is 357 g/mol. The maximum Gasteiger partial charge on any atom is 0.228 e. The van der Waals surface area contributed by atoms with Gasteiger partial charge in [-0.2, -0.15) is 0 Å². The zero-order valence-electron chi connectivity index (χ0n) is 16.2. The van der Waals surface area contributed by atoms with E-state index in [0.29, 0.717) is 0 Å². The predicted octanol–water partition coefficient (Wildman–Crippen LogP) is 5.64. The summed E-state index contributed by atoms with van der Waals surface area (Å²) >= 11 is 0. The Labute approximate surface area is 162 Å². The molecule has 3 rings (SSSR count). The van der Waals surface area contributed by atoms with Gasteiger partial charge in [0, 0.05) is 0 Å². The van der Waals surface area contributed by atoms with Gasteiger partial charge in [0.15, 0.2) is 0 Å². The molecule has 1 amide bonds. The molecule has 0 aliphatic heterocycles. The lowest BCUT2D eigenvalue weighted by molar-refractivity contribution is -0.124. The van der Waals surface area contributed by atoms with Crippen LogP contribution in [0.15, 0.2) is 84.9 Å². The fourth-order valence-corrected chi connectivity index (χ4v) is 3.49. The standard InChI is InChI=1S/C25H27NO/c1-18(2)23(20-10-6-4-7-11-20)25(27)26-24(21-12-8-5-9-13-21)22-16-14-19(3)15-17-22/h4-18,23-24H,1-3H3,(H,26,27)/t23-,24-/m0/s1. The van der Waals surface area contributed by atoms with Gasteiger partial charge in [0.2, 0.25) is 5.91 Å². The van der Waals surface area contributed by atoms with Crippen LogP contribution in [0.1, 0.15) is 48.1 Å². The number of carbonyl (C=O) groups is 1. The number of rotatable bonds is 6. The van der Waals surface area contributed by atoms with Gasteiger partial charge in [0.1, 0.15) is 0 Å². The first-order valence-corrected chi connectivity index (χ1v) is 9.53. The van der Waals surface area contributed by atoms with Crippen molar-refractivity contribution in [1.29, 1.82) is 0 Å². The molecule has 1 N–H and O–H groups in total. The van der Waals surface area contributed by atoms with Crippen LogP contribution in [0.3, 0.4) is 0 Å². The molecule has 0 fully saturated rings. The second-order valence-corrected chi connectivity index (χ2v) is 7.40. The summed E-state index contributed by atoms with van der Waals surface area (Å²) in [6, 6.07) is 28.4. The summed E-state index contributed by atoms with van der Waals surface area (Å²) in [4.78, 5) is 13.3. The molecule has 0 aromatic heterocycles. The number of nitrogens with one attached hydrogen (secondary N) is 1. The molecular formula is C25H27NO. The Bertz CT molecular complexity index is 854. The van der Waals surface area contributed by atoms with Crippen molar-refractivity contribution in [2.45, 2.75) is 32.7 Å². The molecular weight excluding hydrogens is 330 g/mol. The number of carbonyl (C=O) groups excluding carboxylic acids is 1. The second-order valence-electron chi connectivity index (χ2n) is 7.40. The van der Waals surface area contributed by atoms with E-state index in [1.807, 2.05) is 48.5 Å². The highest BCUT2D eigenvalue weighted by Gasteiger charge is 2.27. The first kappa shape index (κ1) is 18.9. The van der Waals surface area contributed by atoms with E-state index >= 15 is 0 Å². The third-order valence-electron chi connectivity index (χ3n) is 4.94. The first-order chi connectivity index (χ1) is 13.1. The summed E-state index contributed by atoms with van der Waals surface area (Å²) in [6.07, 6.45) is 0. The van der Waals surface area contributed by atoms with Crippen molar-refractivity contribution in [2.24, 2.45) is 5.92 Å². The van der Waals surface area contributed by atoms with E-state index in [-0.39, 0.29) is 23.8 Å². The summed E-state index contributed by atoms with van der Waals surface area (Å²) in [6.45, 7) is 6.27. The van der Waals surface area contributed by atoms with Crippen molar-refractivity contribution in [1.82, 2.24) is 5.32 Å². The molecule has 0 spiro atoms. The second kappa shape index (κ2) is 8.68. The Kier molecular flexibility index (Phi) is 6.08. The largest absolute Gasteiger partial charge is 0.345 e. The van der Waals surface area contributed by atoms with Crippen LogP contribution in [0.5, 0.6) is 0 Å². The van der Waals surface area contributed by atoms with E-state index in [1.54, 1.807) is 0 Å². The van der Waals surface area contributed by atoms with Gasteiger partial charge >= 0.3 is 0 Å². The van der Waals surface area contributed by atoms with E-state index in [0.717, 1.165) is 16.7 Å². The Hall–Kier alpha value is -2.87. The minimum atomic E-state index is -0.178. The van der Waals surface area contributed by atoms with Crippen molar-refractivity contribution in [3.05, 3.63) is 107 Å². The molecule has 2 atom stereocenters. The zero-order chi connectivity index (χ0) is 19.2. The smallest absolute Gasteiger partial charge is 0.228 e. The number of hydrogen-bond donors (Lipinski definition) is 1. The summed E-state index contributed by atoms with van der Waals surface area (Å²) in [5.41, 5.74) is 4.45. The summed E-state index contributed by atoms with van der Waals surface area (Å²) < 4.78 is 0. The van der Waals surface area contributed by atoms with Gasteiger partial charge in [-0.1, -0.05) is 104 Å². The first-order valence-electron chi connectivity index (χ1n) is 9.53. The van der Waals surface area contributed by atoms with Gasteiger partial charge < -0.3 is 5.32 Å². The van der Waals surface area contributed by atoms with Crippen molar-refractivity contribution >= 4 is 5.91 Å². The van der Waals surface area contributed by atoms with Gasteiger partial charge in [-0.15, -0.1) is 0 Å². The Morgan fingerprint density at radius 3 is 1.70 bits per heavy atom.